The van der Waals surface area contributed by atoms with Crippen LogP contribution in [0.1, 0.15) is 34.1 Å². The van der Waals surface area contributed by atoms with Crippen LogP contribution >= 0.6 is 7.80 Å². The van der Waals surface area contributed by atoms with E-state index in [-0.39, 0.29) is 6.10 Å². The molecule has 0 aliphatic rings. The molecule has 0 aliphatic carbocycles. The van der Waals surface area contributed by atoms with Crippen LogP contribution in [0.3, 0.4) is 0 Å². The summed E-state index contributed by atoms with van der Waals surface area (Å²) in [7, 11) is -1.49. The van der Waals surface area contributed by atoms with Gasteiger partial charge in [-0.05, 0) is 20.3 Å². The van der Waals surface area contributed by atoms with Crippen LogP contribution in [0.25, 0.3) is 0 Å². The van der Waals surface area contributed by atoms with Gasteiger partial charge in [-0.25, -0.2) is 0 Å². The van der Waals surface area contributed by atoms with E-state index >= 15 is 0 Å². The van der Waals surface area contributed by atoms with E-state index in [1.165, 1.54) is 0 Å². The molecule has 0 fully saturated rings. The molecule has 0 spiro atoms. The van der Waals surface area contributed by atoms with Crippen LogP contribution in [0.5, 0.6) is 0 Å². The van der Waals surface area contributed by atoms with Crippen molar-refractivity contribution in [2.45, 2.75) is 45.9 Å². The highest BCUT2D eigenvalue weighted by Gasteiger charge is 2.08. The smallest absolute Gasteiger partial charge is 0.103 e. The molecular formula is C8H19O2P. The Kier molecular flexibility index (Phi) is 5.89. The van der Waals surface area contributed by atoms with Crippen molar-refractivity contribution in [2.24, 2.45) is 0 Å². The van der Waals surface area contributed by atoms with Gasteiger partial charge >= 0.3 is 0 Å². The summed E-state index contributed by atoms with van der Waals surface area (Å²) in [5.41, 5.74) is 0.332. The third-order valence-corrected chi connectivity index (χ3v) is 3.68. The highest BCUT2D eigenvalue weighted by atomic mass is 31.1. The molecule has 0 saturated heterocycles. The van der Waals surface area contributed by atoms with Crippen molar-refractivity contribution in [3.63, 3.8) is 0 Å². The zero-order chi connectivity index (χ0) is 8.85. The van der Waals surface area contributed by atoms with E-state index < -0.39 is 7.80 Å². The van der Waals surface area contributed by atoms with Crippen molar-refractivity contribution >= 4 is 7.80 Å². The molecule has 11 heavy (non-hydrogen) atoms. The average molecular weight is 178 g/mol. The zero-order valence-electron chi connectivity index (χ0n) is 7.89. The summed E-state index contributed by atoms with van der Waals surface area (Å²) in [4.78, 5) is 0. The Balaban J connectivity index is 3.52. The molecule has 3 heteroatoms. The lowest BCUT2D eigenvalue weighted by molar-refractivity contribution is 0.116. The lowest BCUT2D eigenvalue weighted by Crippen LogP contribution is -2.04. The highest BCUT2D eigenvalue weighted by molar-refractivity contribution is 7.45. The summed E-state index contributed by atoms with van der Waals surface area (Å²) < 4.78 is 16.6. The lowest BCUT2D eigenvalue weighted by atomic mass is 10.4. The molecule has 0 heterocycles. The first-order chi connectivity index (χ1) is 5.07. The van der Waals surface area contributed by atoms with Crippen LogP contribution in [-0.4, -0.2) is 18.1 Å². The molecule has 0 radical (unpaired) electrons. The molecule has 0 rings (SSSR count). The monoisotopic (exact) mass is 178 g/mol. The Hall–Kier alpha value is 0.190. The lowest BCUT2D eigenvalue weighted by Gasteiger charge is -2.11. The summed E-state index contributed by atoms with van der Waals surface area (Å²) in [6.07, 6.45) is 1.64. The molecule has 2 atom stereocenters. The van der Waals surface area contributed by atoms with Gasteiger partial charge in [-0.15, -0.1) is 0 Å². The van der Waals surface area contributed by atoms with Crippen molar-refractivity contribution in [3.05, 3.63) is 0 Å². The first kappa shape index (κ1) is 11.2. The van der Waals surface area contributed by atoms with Crippen LogP contribution < -0.4 is 0 Å². The van der Waals surface area contributed by atoms with Gasteiger partial charge < -0.3 is 9.30 Å². The Morgan fingerprint density at radius 3 is 2.27 bits per heavy atom. The molecule has 0 aliphatic heterocycles. The molecule has 0 aromatic carbocycles. The maximum atomic E-state index is 11.3. The normalized spacial score (nSPS) is 16.8. The third kappa shape index (κ3) is 5.46. The molecule has 0 bridgehead atoms. The predicted octanol–water partition coefficient (Wildman–Crippen LogP) is 2.73. The van der Waals surface area contributed by atoms with E-state index in [0.29, 0.717) is 12.0 Å². The van der Waals surface area contributed by atoms with Crippen molar-refractivity contribution in [3.8, 4) is 0 Å². The minimum Gasteiger partial charge on any atom is -0.371 e. The van der Waals surface area contributed by atoms with E-state index in [1.54, 1.807) is 0 Å². The quantitative estimate of drug-likeness (QED) is 0.605. The van der Waals surface area contributed by atoms with Gasteiger partial charge in [-0.3, -0.25) is 0 Å². The van der Waals surface area contributed by atoms with Gasteiger partial charge in [0.25, 0.3) is 0 Å². The molecule has 2 unspecified atom stereocenters. The van der Waals surface area contributed by atoms with Crippen molar-refractivity contribution in [1.29, 1.82) is 0 Å². The zero-order valence-corrected chi connectivity index (χ0v) is 8.89. The van der Waals surface area contributed by atoms with Crippen molar-refractivity contribution in [1.82, 2.24) is 0 Å². The Labute approximate surface area is 70.1 Å². The standard InChI is InChI=1S/C8H19O2P/c1-5-8(4)11(9)6-10-7(2)3/h7-8,11H,5-6H2,1-4H3. The van der Waals surface area contributed by atoms with Gasteiger partial charge in [0, 0.05) is 5.66 Å². The fourth-order valence-corrected chi connectivity index (χ4v) is 1.86. The fourth-order valence-electron chi connectivity index (χ4n) is 0.619. The number of hydrogen-bond donors (Lipinski definition) is 0. The SMILES string of the molecule is CCC(C)[PH](=O)COC(C)C. The van der Waals surface area contributed by atoms with Gasteiger partial charge in [0.1, 0.15) is 7.80 Å². The maximum absolute atomic E-state index is 11.3. The predicted molar refractivity (Wildman–Crippen MR) is 49.8 cm³/mol. The molecule has 0 aromatic rings. The van der Waals surface area contributed by atoms with E-state index in [0.717, 1.165) is 6.42 Å². The largest absolute Gasteiger partial charge is 0.371 e. The van der Waals surface area contributed by atoms with Gasteiger partial charge in [0.2, 0.25) is 0 Å². The second-order valence-corrected chi connectivity index (χ2v) is 5.34. The average Bonchev–Trinajstić information content (AvgIpc) is 1.98. The van der Waals surface area contributed by atoms with E-state index in [9.17, 15) is 4.57 Å². The molecule has 0 amide bonds. The second-order valence-electron chi connectivity index (χ2n) is 3.14. The summed E-state index contributed by atoms with van der Waals surface area (Å²) in [5.74, 6) is 0. The topological polar surface area (TPSA) is 26.3 Å². The molecule has 0 N–H and O–H groups in total. The van der Waals surface area contributed by atoms with E-state index in [4.69, 9.17) is 4.74 Å². The summed E-state index contributed by atoms with van der Waals surface area (Å²) in [6, 6.07) is 0. The van der Waals surface area contributed by atoms with Crippen LogP contribution in [0.4, 0.5) is 0 Å². The number of rotatable bonds is 5. The summed E-state index contributed by atoms with van der Waals surface area (Å²) in [6.45, 7) is 8.01. The Bertz CT molecular complexity index is 123. The summed E-state index contributed by atoms with van der Waals surface area (Å²) in [5, 5.41) is 0. The van der Waals surface area contributed by atoms with Crippen molar-refractivity contribution in [2.75, 3.05) is 6.35 Å². The molecular weight excluding hydrogens is 159 g/mol. The van der Waals surface area contributed by atoms with Gasteiger partial charge in [-0.1, -0.05) is 13.8 Å². The molecule has 0 aromatic heterocycles. The first-order valence-electron chi connectivity index (χ1n) is 4.22. The van der Waals surface area contributed by atoms with Crippen LogP contribution in [-0.2, 0) is 9.30 Å². The Morgan fingerprint density at radius 2 is 1.91 bits per heavy atom. The summed E-state index contributed by atoms with van der Waals surface area (Å²) >= 11 is 0. The first-order valence-corrected chi connectivity index (χ1v) is 5.91. The number of ether oxygens (including phenoxy) is 1. The minimum absolute atomic E-state index is 0.202. The molecule has 2 nitrogen and oxygen atoms in total. The van der Waals surface area contributed by atoms with Gasteiger partial charge in [-0.2, -0.15) is 0 Å². The fraction of sp³-hybridized carbons (Fsp3) is 1.00. The third-order valence-electron chi connectivity index (χ3n) is 1.72. The van der Waals surface area contributed by atoms with Gasteiger partial charge in [0.05, 0.1) is 12.5 Å². The van der Waals surface area contributed by atoms with Crippen LogP contribution in [0, 0.1) is 0 Å². The van der Waals surface area contributed by atoms with Crippen LogP contribution in [0.15, 0.2) is 0 Å². The van der Waals surface area contributed by atoms with Gasteiger partial charge in [0.15, 0.2) is 0 Å². The van der Waals surface area contributed by atoms with E-state index in [2.05, 4.69) is 6.92 Å². The van der Waals surface area contributed by atoms with E-state index in [1.807, 2.05) is 20.8 Å². The van der Waals surface area contributed by atoms with Crippen LogP contribution in [0.2, 0.25) is 0 Å². The highest BCUT2D eigenvalue weighted by Crippen LogP contribution is 2.29. The minimum atomic E-state index is -1.49. The maximum Gasteiger partial charge on any atom is 0.103 e. The van der Waals surface area contributed by atoms with Crippen molar-refractivity contribution < 1.29 is 9.30 Å². The Morgan fingerprint density at radius 1 is 1.36 bits per heavy atom. The number of hydrogen-bond acceptors (Lipinski definition) is 2. The molecule has 0 saturated carbocycles. The molecule has 68 valence electrons. The second kappa shape index (κ2) is 5.79.